The summed E-state index contributed by atoms with van der Waals surface area (Å²) in [6.45, 7) is 4.04. The Morgan fingerprint density at radius 3 is 1.80 bits per heavy atom. The van der Waals surface area contributed by atoms with Gasteiger partial charge in [0, 0.05) is 33.3 Å². The Morgan fingerprint density at radius 1 is 0.840 bits per heavy atom. The molecule has 134 valence electrons. The van der Waals surface area contributed by atoms with Crippen LogP contribution < -0.4 is 14.2 Å². The van der Waals surface area contributed by atoms with Crippen LogP contribution in [0.15, 0.2) is 6.07 Å². The van der Waals surface area contributed by atoms with E-state index in [1.165, 1.54) is 6.07 Å². The molecule has 25 heavy (non-hydrogen) atoms. The van der Waals surface area contributed by atoms with Crippen LogP contribution in [0.5, 0.6) is 17.2 Å². The molecule has 0 aliphatic carbocycles. The molecular formula is C16H16O9. The van der Waals surface area contributed by atoms with Crippen molar-refractivity contribution in [1.29, 1.82) is 0 Å². The standard InChI is InChI=1S/C16H16O9/c1-8(18)22-7-12-5-14(23-9(2)19)16(25-11(4)21)15(13(12)6-17)24-10(3)20/h5-6H,7H2,1-4H3. The molecule has 1 aromatic carbocycles. The second-order valence-electron chi connectivity index (χ2n) is 4.78. The molecule has 0 spiro atoms. The zero-order valence-corrected chi connectivity index (χ0v) is 14.0. The van der Waals surface area contributed by atoms with E-state index in [-0.39, 0.29) is 23.5 Å². The quantitative estimate of drug-likeness (QED) is 0.424. The largest absolute Gasteiger partial charge is 0.461 e. The van der Waals surface area contributed by atoms with Gasteiger partial charge in [-0.2, -0.15) is 0 Å². The number of hydrogen-bond acceptors (Lipinski definition) is 9. The highest BCUT2D eigenvalue weighted by Gasteiger charge is 2.25. The van der Waals surface area contributed by atoms with Crippen LogP contribution in [0.3, 0.4) is 0 Å². The topological polar surface area (TPSA) is 122 Å². The molecule has 0 aromatic heterocycles. The minimum Gasteiger partial charge on any atom is -0.461 e. The Kier molecular flexibility index (Phi) is 6.80. The normalized spacial score (nSPS) is 9.76. The first-order chi connectivity index (χ1) is 11.6. The monoisotopic (exact) mass is 352 g/mol. The van der Waals surface area contributed by atoms with E-state index in [4.69, 9.17) is 18.9 Å². The van der Waals surface area contributed by atoms with Crippen LogP contribution in [0, 0.1) is 0 Å². The first-order valence-electron chi connectivity index (χ1n) is 6.99. The minimum absolute atomic E-state index is 0.0913. The highest BCUT2D eigenvalue weighted by Crippen LogP contribution is 2.42. The number of aldehydes is 1. The van der Waals surface area contributed by atoms with Gasteiger partial charge in [0.1, 0.15) is 6.61 Å². The van der Waals surface area contributed by atoms with Crippen molar-refractivity contribution in [2.45, 2.75) is 34.3 Å². The molecule has 0 fully saturated rings. The molecule has 0 heterocycles. The Labute approximate surface area is 142 Å². The van der Waals surface area contributed by atoms with Crippen LogP contribution >= 0.6 is 0 Å². The van der Waals surface area contributed by atoms with Gasteiger partial charge in [0.15, 0.2) is 17.8 Å². The number of carbonyl (C=O) groups excluding carboxylic acids is 5. The molecule has 1 rings (SSSR count). The molecule has 0 atom stereocenters. The Morgan fingerprint density at radius 2 is 1.36 bits per heavy atom. The predicted octanol–water partition coefficient (Wildman–Crippen LogP) is 1.34. The smallest absolute Gasteiger partial charge is 0.308 e. The van der Waals surface area contributed by atoms with Crippen LogP contribution in [0.4, 0.5) is 0 Å². The Balaban J connectivity index is 3.66. The SMILES string of the molecule is CC(=O)OCc1cc(OC(C)=O)c(OC(C)=O)c(OC(C)=O)c1C=O. The molecule has 0 aliphatic rings. The van der Waals surface area contributed by atoms with Crippen molar-refractivity contribution in [3.8, 4) is 17.2 Å². The summed E-state index contributed by atoms with van der Waals surface area (Å²) in [5, 5.41) is 0. The van der Waals surface area contributed by atoms with E-state index in [9.17, 15) is 24.0 Å². The fourth-order valence-electron chi connectivity index (χ4n) is 1.83. The molecule has 0 amide bonds. The van der Waals surface area contributed by atoms with Gasteiger partial charge in [-0.3, -0.25) is 24.0 Å². The molecule has 0 radical (unpaired) electrons. The van der Waals surface area contributed by atoms with E-state index >= 15 is 0 Å². The van der Waals surface area contributed by atoms with Crippen molar-refractivity contribution in [1.82, 2.24) is 0 Å². The summed E-state index contributed by atoms with van der Waals surface area (Å²) in [5.74, 6) is -4.08. The lowest BCUT2D eigenvalue weighted by molar-refractivity contribution is -0.142. The third-order valence-electron chi connectivity index (χ3n) is 2.62. The van der Waals surface area contributed by atoms with Gasteiger partial charge in [-0.1, -0.05) is 0 Å². The van der Waals surface area contributed by atoms with E-state index in [1.807, 2.05) is 0 Å². The number of ether oxygens (including phenoxy) is 4. The lowest BCUT2D eigenvalue weighted by atomic mass is 10.1. The third kappa shape index (κ3) is 5.72. The van der Waals surface area contributed by atoms with Gasteiger partial charge in [-0.15, -0.1) is 0 Å². The fraction of sp³-hybridized carbons (Fsp3) is 0.312. The van der Waals surface area contributed by atoms with Gasteiger partial charge >= 0.3 is 23.9 Å². The van der Waals surface area contributed by atoms with Crippen molar-refractivity contribution < 1.29 is 42.9 Å². The van der Waals surface area contributed by atoms with Crippen molar-refractivity contribution in [2.24, 2.45) is 0 Å². The average Bonchev–Trinajstić information content (AvgIpc) is 2.47. The highest BCUT2D eigenvalue weighted by molar-refractivity contribution is 5.89. The molecule has 0 unspecified atom stereocenters. The van der Waals surface area contributed by atoms with Gasteiger partial charge in [0.25, 0.3) is 0 Å². The van der Waals surface area contributed by atoms with Crippen molar-refractivity contribution in [2.75, 3.05) is 0 Å². The first kappa shape index (κ1) is 19.8. The summed E-state index contributed by atoms with van der Waals surface area (Å²) in [6, 6.07) is 1.18. The molecule has 0 N–H and O–H groups in total. The molecule has 1 aromatic rings. The molecule has 0 bridgehead atoms. The first-order valence-corrected chi connectivity index (χ1v) is 6.99. The van der Waals surface area contributed by atoms with Gasteiger partial charge in [0.05, 0.1) is 5.56 Å². The van der Waals surface area contributed by atoms with Crippen LogP contribution in [-0.4, -0.2) is 30.2 Å². The molecule has 9 heteroatoms. The van der Waals surface area contributed by atoms with Crippen LogP contribution in [-0.2, 0) is 30.5 Å². The van der Waals surface area contributed by atoms with E-state index in [0.717, 1.165) is 27.7 Å². The fourth-order valence-corrected chi connectivity index (χ4v) is 1.83. The molecule has 0 saturated heterocycles. The summed E-state index contributed by atoms with van der Waals surface area (Å²) in [5.41, 5.74) is -0.0998. The Hall–Kier alpha value is -3.23. The van der Waals surface area contributed by atoms with E-state index in [1.54, 1.807) is 0 Å². The lowest BCUT2D eigenvalue weighted by Crippen LogP contribution is -2.14. The van der Waals surface area contributed by atoms with Gasteiger partial charge in [-0.05, 0) is 6.07 Å². The summed E-state index contributed by atoms with van der Waals surface area (Å²) in [6.07, 6.45) is 0.335. The van der Waals surface area contributed by atoms with E-state index < -0.39 is 35.4 Å². The molecule has 9 nitrogen and oxygen atoms in total. The maximum absolute atomic E-state index is 11.5. The summed E-state index contributed by atoms with van der Waals surface area (Å²) < 4.78 is 19.7. The zero-order valence-electron chi connectivity index (χ0n) is 14.0. The third-order valence-corrected chi connectivity index (χ3v) is 2.62. The number of esters is 4. The number of carbonyl (C=O) groups is 5. The summed E-state index contributed by atoms with van der Waals surface area (Å²) >= 11 is 0. The maximum Gasteiger partial charge on any atom is 0.308 e. The second kappa shape index (κ2) is 8.57. The molecule has 0 aliphatic heterocycles. The van der Waals surface area contributed by atoms with Gasteiger partial charge in [0.2, 0.25) is 5.75 Å². The van der Waals surface area contributed by atoms with E-state index in [0.29, 0.717) is 6.29 Å². The molecular weight excluding hydrogens is 336 g/mol. The van der Waals surface area contributed by atoms with Crippen LogP contribution in [0.25, 0.3) is 0 Å². The average molecular weight is 352 g/mol. The van der Waals surface area contributed by atoms with E-state index in [2.05, 4.69) is 0 Å². The number of rotatable bonds is 6. The highest BCUT2D eigenvalue weighted by atomic mass is 16.6. The van der Waals surface area contributed by atoms with Gasteiger partial charge < -0.3 is 18.9 Å². The van der Waals surface area contributed by atoms with Gasteiger partial charge in [-0.25, -0.2) is 0 Å². The number of hydrogen-bond donors (Lipinski definition) is 0. The summed E-state index contributed by atoms with van der Waals surface area (Å²) in [7, 11) is 0. The minimum atomic E-state index is -0.810. The van der Waals surface area contributed by atoms with Crippen LogP contribution in [0.2, 0.25) is 0 Å². The molecule has 0 saturated carbocycles. The van der Waals surface area contributed by atoms with Crippen molar-refractivity contribution in [3.63, 3.8) is 0 Å². The van der Waals surface area contributed by atoms with Crippen molar-refractivity contribution >= 4 is 30.2 Å². The summed E-state index contributed by atoms with van der Waals surface area (Å²) in [4.78, 5) is 56.4. The number of benzene rings is 1. The Bertz CT molecular complexity index is 734. The lowest BCUT2D eigenvalue weighted by Gasteiger charge is -2.17. The zero-order chi connectivity index (χ0) is 19.1. The van der Waals surface area contributed by atoms with Crippen LogP contribution in [0.1, 0.15) is 43.6 Å². The second-order valence-corrected chi connectivity index (χ2v) is 4.78. The van der Waals surface area contributed by atoms with Crippen molar-refractivity contribution in [3.05, 3.63) is 17.2 Å². The predicted molar refractivity (Wildman–Crippen MR) is 81.2 cm³/mol. The maximum atomic E-state index is 11.5.